The minimum absolute atomic E-state index is 0.000726. The van der Waals surface area contributed by atoms with Crippen LogP contribution in [0.15, 0.2) is 107 Å². The van der Waals surface area contributed by atoms with Crippen LogP contribution in [0.2, 0.25) is 0 Å². The Hall–Kier alpha value is -7.14. The lowest BCUT2D eigenvalue weighted by Gasteiger charge is -2.17. The number of aliphatic hydroxyl groups excluding tert-OH is 4. The molecule has 0 radical (unpaired) electrons. The summed E-state index contributed by atoms with van der Waals surface area (Å²) in [5, 5.41) is 37.5. The van der Waals surface area contributed by atoms with Gasteiger partial charge >= 0.3 is 12.4 Å². The van der Waals surface area contributed by atoms with Crippen molar-refractivity contribution < 1.29 is 65.1 Å². The normalized spacial score (nSPS) is 12.1. The van der Waals surface area contributed by atoms with Crippen molar-refractivity contribution >= 4 is 11.8 Å². The lowest BCUT2D eigenvalue weighted by atomic mass is 9.96. The zero-order valence-corrected chi connectivity index (χ0v) is 32.6. The minimum atomic E-state index is -4.83. The molecule has 6 rings (SSSR count). The molecule has 14 nitrogen and oxygen atoms in total. The van der Waals surface area contributed by atoms with E-state index in [-0.39, 0.29) is 45.0 Å². The molecule has 0 aliphatic carbocycles. The van der Waals surface area contributed by atoms with Gasteiger partial charge in [0, 0.05) is 34.6 Å². The van der Waals surface area contributed by atoms with Gasteiger partial charge in [-0.2, -0.15) is 26.3 Å². The van der Waals surface area contributed by atoms with Crippen molar-refractivity contribution in [2.75, 3.05) is 19.8 Å². The number of carbonyl (C=O) groups excluding carboxylic acids is 2. The largest absolute Gasteiger partial charge is 0.417 e. The quantitative estimate of drug-likeness (QED) is 0.0938. The first-order valence-corrected chi connectivity index (χ1v) is 18.4. The molecule has 1 atom stereocenters. The van der Waals surface area contributed by atoms with Gasteiger partial charge < -0.3 is 41.0 Å². The van der Waals surface area contributed by atoms with E-state index in [0.717, 1.165) is 70.1 Å². The van der Waals surface area contributed by atoms with E-state index in [9.17, 15) is 69.6 Å². The molecule has 0 saturated carbocycles. The zero-order valence-electron chi connectivity index (χ0n) is 32.6. The predicted molar refractivity (Wildman–Crippen MR) is 212 cm³/mol. The van der Waals surface area contributed by atoms with Crippen molar-refractivity contribution in [3.63, 3.8) is 0 Å². The van der Waals surface area contributed by atoms with Gasteiger partial charge in [0.05, 0.1) is 49.6 Å². The molecule has 0 aliphatic heterocycles. The number of rotatable bonds is 12. The van der Waals surface area contributed by atoms with Crippen LogP contribution in [0.25, 0.3) is 44.8 Å². The highest BCUT2D eigenvalue weighted by Crippen LogP contribution is 2.40. The second-order valence-electron chi connectivity index (χ2n) is 13.7. The van der Waals surface area contributed by atoms with Crippen LogP contribution in [0.4, 0.5) is 35.1 Å². The monoisotopic (exact) mass is 902 g/mol. The molecule has 6 aromatic rings. The molecule has 4 aromatic carbocycles. The van der Waals surface area contributed by atoms with Crippen LogP contribution < -0.4 is 22.6 Å². The van der Waals surface area contributed by atoms with Gasteiger partial charge in [-0.3, -0.25) is 19.2 Å². The highest BCUT2D eigenvalue weighted by Gasteiger charge is 2.36. The average molecular weight is 903 g/mol. The van der Waals surface area contributed by atoms with Gasteiger partial charge in [0.15, 0.2) is 0 Å². The summed E-state index contributed by atoms with van der Waals surface area (Å²) in [6, 6.07) is 14.0. The molecular formula is C42H34F8N6O8. The fraction of sp³-hybridized carbons (Fsp3) is 0.190. The van der Waals surface area contributed by atoms with Crippen LogP contribution in [0, 0.1) is 11.6 Å². The topological polar surface area (TPSA) is 237 Å². The van der Waals surface area contributed by atoms with Crippen LogP contribution in [-0.4, -0.2) is 77.3 Å². The van der Waals surface area contributed by atoms with Crippen LogP contribution >= 0.6 is 0 Å². The summed E-state index contributed by atoms with van der Waals surface area (Å²) in [7, 11) is 0. The highest BCUT2D eigenvalue weighted by molar-refractivity contribution is 5.91. The SMILES string of the molecule is NC(=O)c1cn(C(CO)CO)c(=O)c(-c2cccc(-c3c(F)cccc3C(F)(F)F)c2)n1.NC(=O)c1cn(CC(O)CO)c(=O)c(-c2cccc(-c3c(F)cccc3C(F)(F)F)c2)n1. The number of amides is 2. The lowest BCUT2D eigenvalue weighted by molar-refractivity contribution is -0.138. The zero-order chi connectivity index (χ0) is 47.3. The standard InChI is InChI=1S/2C21H17F4N3O4/c22-15-6-2-5-14(21(23,24)25)17(15)11-3-1-4-12(7-11)18-20(32)28(13(9-29)10-30)8-16(27-18)19(26)31;22-15-6-2-5-14(21(23,24)25)17(15)11-3-1-4-12(7-11)18-20(32)28(8-13(30)10-29)9-16(27-18)19(26)31/h1-8,13,29-30H,9-10H2,(H2,26,31);1-7,9,13,29-30H,8,10H2,(H2,26,31). The summed E-state index contributed by atoms with van der Waals surface area (Å²) in [6.45, 7) is -2.36. The Balaban J connectivity index is 0.000000241. The van der Waals surface area contributed by atoms with Gasteiger partial charge in [-0.05, 0) is 47.5 Å². The van der Waals surface area contributed by atoms with E-state index in [1.54, 1.807) is 0 Å². The van der Waals surface area contributed by atoms with E-state index in [1.165, 1.54) is 36.4 Å². The summed E-state index contributed by atoms with van der Waals surface area (Å²) >= 11 is 0. The van der Waals surface area contributed by atoms with Crippen LogP contribution in [-0.2, 0) is 18.9 Å². The Bertz CT molecular complexity index is 2830. The van der Waals surface area contributed by atoms with Crippen molar-refractivity contribution in [1.29, 1.82) is 0 Å². The maximum atomic E-state index is 14.4. The third-order valence-corrected chi connectivity index (χ3v) is 9.33. The molecule has 0 saturated heterocycles. The van der Waals surface area contributed by atoms with Gasteiger partial charge in [0.25, 0.3) is 22.9 Å². The molecule has 22 heteroatoms. The molecule has 1 unspecified atom stereocenters. The Morgan fingerprint density at radius 1 is 0.609 bits per heavy atom. The highest BCUT2D eigenvalue weighted by atomic mass is 19.4. The van der Waals surface area contributed by atoms with Gasteiger partial charge in [-0.15, -0.1) is 0 Å². The molecule has 8 N–H and O–H groups in total. The summed E-state index contributed by atoms with van der Waals surface area (Å²) in [5.74, 6) is -4.24. The Labute approximate surface area is 354 Å². The van der Waals surface area contributed by atoms with Crippen LogP contribution in [0.1, 0.15) is 38.1 Å². The number of carbonyl (C=O) groups is 2. The molecular weight excluding hydrogens is 868 g/mol. The second-order valence-corrected chi connectivity index (χ2v) is 13.7. The molecule has 0 bridgehead atoms. The number of aliphatic hydroxyl groups is 4. The number of benzene rings is 4. The molecule has 2 amide bonds. The number of hydrogen-bond acceptors (Lipinski definition) is 10. The van der Waals surface area contributed by atoms with E-state index in [0.29, 0.717) is 0 Å². The lowest BCUT2D eigenvalue weighted by Crippen LogP contribution is -2.32. The van der Waals surface area contributed by atoms with E-state index in [1.807, 2.05) is 0 Å². The Kier molecular flexibility index (Phi) is 14.6. The van der Waals surface area contributed by atoms with Crippen molar-refractivity contribution in [2.45, 2.75) is 31.0 Å². The van der Waals surface area contributed by atoms with Crippen molar-refractivity contribution in [3.05, 3.63) is 152 Å². The fourth-order valence-electron chi connectivity index (χ4n) is 6.34. The first kappa shape index (κ1) is 47.9. The summed E-state index contributed by atoms with van der Waals surface area (Å²) in [4.78, 5) is 56.9. The number of nitrogens with zero attached hydrogens (tertiary/aromatic N) is 4. The average Bonchev–Trinajstić information content (AvgIpc) is 3.24. The van der Waals surface area contributed by atoms with Crippen LogP contribution in [0.5, 0.6) is 0 Å². The first-order valence-electron chi connectivity index (χ1n) is 18.4. The molecule has 2 heterocycles. The Morgan fingerprint density at radius 2 is 1.02 bits per heavy atom. The summed E-state index contributed by atoms with van der Waals surface area (Å²) in [6.07, 6.45) is -9.03. The number of hydrogen-bond donors (Lipinski definition) is 6. The number of nitrogens with two attached hydrogens (primary N) is 2. The van der Waals surface area contributed by atoms with Gasteiger partial charge in [-0.1, -0.05) is 48.5 Å². The minimum Gasteiger partial charge on any atom is -0.394 e. The molecule has 64 heavy (non-hydrogen) atoms. The molecule has 2 aromatic heterocycles. The fourth-order valence-corrected chi connectivity index (χ4v) is 6.34. The third kappa shape index (κ3) is 10.5. The number of primary amides is 2. The Morgan fingerprint density at radius 3 is 1.42 bits per heavy atom. The molecule has 0 aliphatic rings. The van der Waals surface area contributed by atoms with Crippen LogP contribution in [0.3, 0.4) is 0 Å². The van der Waals surface area contributed by atoms with Crippen molar-refractivity contribution in [2.24, 2.45) is 11.5 Å². The number of halogens is 8. The maximum Gasteiger partial charge on any atom is 0.417 e. The van der Waals surface area contributed by atoms with E-state index >= 15 is 0 Å². The number of alkyl halides is 6. The molecule has 336 valence electrons. The second kappa shape index (κ2) is 19.5. The van der Waals surface area contributed by atoms with Gasteiger partial charge in [0.2, 0.25) is 0 Å². The number of aromatic nitrogens is 4. The first-order chi connectivity index (χ1) is 30.1. The maximum absolute atomic E-state index is 14.4. The third-order valence-electron chi connectivity index (χ3n) is 9.33. The van der Waals surface area contributed by atoms with Gasteiger partial charge in [-0.25, -0.2) is 18.7 Å². The van der Waals surface area contributed by atoms with E-state index in [2.05, 4.69) is 9.97 Å². The van der Waals surface area contributed by atoms with Crippen molar-refractivity contribution in [1.82, 2.24) is 19.1 Å². The predicted octanol–water partition coefficient (Wildman–Crippen LogP) is 4.55. The van der Waals surface area contributed by atoms with E-state index < -0.39 is 108 Å². The summed E-state index contributed by atoms with van der Waals surface area (Å²) < 4.78 is 111. The summed E-state index contributed by atoms with van der Waals surface area (Å²) in [5.41, 5.74) is 3.23. The smallest absolute Gasteiger partial charge is 0.394 e. The molecule has 0 spiro atoms. The molecule has 0 fully saturated rings. The van der Waals surface area contributed by atoms with Gasteiger partial charge in [0.1, 0.15) is 34.4 Å². The van der Waals surface area contributed by atoms with E-state index in [4.69, 9.17) is 16.6 Å². The van der Waals surface area contributed by atoms with Crippen molar-refractivity contribution in [3.8, 4) is 44.8 Å².